The van der Waals surface area contributed by atoms with E-state index in [0.29, 0.717) is 0 Å². The van der Waals surface area contributed by atoms with Crippen molar-refractivity contribution in [3.05, 3.63) is 16.7 Å². The molecule has 0 spiro atoms. The predicted molar refractivity (Wildman–Crippen MR) is 72.5 cm³/mol. The van der Waals surface area contributed by atoms with E-state index in [2.05, 4.69) is 34.4 Å². The van der Waals surface area contributed by atoms with Gasteiger partial charge in [-0.25, -0.2) is 0 Å². The molecule has 0 saturated carbocycles. The highest BCUT2D eigenvalue weighted by Gasteiger charge is 2.16. The maximum Gasteiger partial charge on any atom is 0.0586 e. The van der Waals surface area contributed by atoms with Crippen LogP contribution in [0.5, 0.6) is 0 Å². The monoisotopic (exact) mass is 224 g/mol. The molecule has 0 aliphatic carbocycles. The molecule has 1 rings (SSSR count). The summed E-state index contributed by atoms with van der Waals surface area (Å²) in [6, 6.07) is 0. The first-order valence-electron chi connectivity index (χ1n) is 5.27. The van der Waals surface area contributed by atoms with Gasteiger partial charge in [-0.1, -0.05) is 14.8 Å². The summed E-state index contributed by atoms with van der Waals surface area (Å²) in [5, 5.41) is 1.44. The Kier molecular flexibility index (Phi) is 3.62. The van der Waals surface area contributed by atoms with Gasteiger partial charge < -0.3 is 11.5 Å². The first kappa shape index (κ1) is 12.3. The van der Waals surface area contributed by atoms with Crippen LogP contribution in [0.4, 0.5) is 11.4 Å². The van der Waals surface area contributed by atoms with Gasteiger partial charge in [-0.2, -0.15) is 0 Å². The molecule has 2 nitrogen and oxygen atoms in total. The molecule has 0 heterocycles. The van der Waals surface area contributed by atoms with Crippen molar-refractivity contribution in [3.8, 4) is 0 Å². The number of nitrogens with two attached hydrogens (primary N) is 2. The zero-order chi connectivity index (χ0) is 11.7. The van der Waals surface area contributed by atoms with Gasteiger partial charge in [-0.3, -0.25) is 0 Å². The van der Waals surface area contributed by atoms with E-state index >= 15 is 0 Å². The van der Waals surface area contributed by atoms with Crippen molar-refractivity contribution in [2.75, 3.05) is 24.3 Å². The van der Waals surface area contributed by atoms with Gasteiger partial charge in [0, 0.05) is 0 Å². The van der Waals surface area contributed by atoms with Crippen LogP contribution < -0.4 is 16.8 Å². The second-order valence-corrected chi connectivity index (χ2v) is 6.54. The summed E-state index contributed by atoms with van der Waals surface area (Å²) in [5.41, 5.74) is 17.2. The van der Waals surface area contributed by atoms with Gasteiger partial charge in [0.15, 0.2) is 0 Å². The normalized spacial score (nSPS) is 12.9. The Morgan fingerprint density at radius 1 is 0.933 bits per heavy atom. The van der Waals surface area contributed by atoms with E-state index in [1.54, 1.807) is 0 Å². The first-order chi connectivity index (χ1) is 6.91. The van der Waals surface area contributed by atoms with Gasteiger partial charge >= 0.3 is 0 Å². The third-order valence-corrected chi connectivity index (χ3v) is 5.61. The quantitative estimate of drug-likeness (QED) is 0.599. The predicted octanol–water partition coefficient (Wildman–Crippen LogP) is 2.53. The van der Waals surface area contributed by atoms with Crippen molar-refractivity contribution in [1.82, 2.24) is 0 Å². The fraction of sp³-hybridized carbons (Fsp3) is 0.500. The molecular formula is C12H21N2P. The minimum atomic E-state index is -0.0955. The molecule has 0 fully saturated rings. The zero-order valence-electron chi connectivity index (χ0n) is 10.3. The SMILES string of the molecule is CCP(C)c1c(C)c(C)c(N)c(N)c1C. The molecular weight excluding hydrogens is 203 g/mol. The summed E-state index contributed by atoms with van der Waals surface area (Å²) in [7, 11) is -0.0955. The van der Waals surface area contributed by atoms with Crippen LogP contribution in [0.2, 0.25) is 0 Å². The van der Waals surface area contributed by atoms with Crippen molar-refractivity contribution >= 4 is 24.6 Å². The molecule has 3 heteroatoms. The van der Waals surface area contributed by atoms with Crippen LogP contribution in [0, 0.1) is 20.8 Å². The highest BCUT2D eigenvalue weighted by Crippen LogP contribution is 2.37. The molecule has 0 amide bonds. The van der Waals surface area contributed by atoms with E-state index in [0.717, 1.165) is 16.9 Å². The van der Waals surface area contributed by atoms with Crippen molar-refractivity contribution in [2.24, 2.45) is 0 Å². The topological polar surface area (TPSA) is 52.0 Å². The molecule has 84 valence electrons. The molecule has 0 aliphatic rings. The maximum absolute atomic E-state index is 6.03. The van der Waals surface area contributed by atoms with Crippen molar-refractivity contribution in [1.29, 1.82) is 0 Å². The van der Waals surface area contributed by atoms with Gasteiger partial charge in [-0.15, -0.1) is 0 Å². The number of hydrogen-bond acceptors (Lipinski definition) is 2. The van der Waals surface area contributed by atoms with Gasteiger partial charge in [-0.05, 0) is 55.6 Å². The fourth-order valence-electron chi connectivity index (χ4n) is 1.92. The van der Waals surface area contributed by atoms with Crippen LogP contribution in [0.25, 0.3) is 0 Å². The molecule has 4 N–H and O–H groups in total. The molecule has 0 saturated heterocycles. The third kappa shape index (κ3) is 1.96. The third-order valence-electron chi connectivity index (χ3n) is 3.23. The summed E-state index contributed by atoms with van der Waals surface area (Å²) in [5.74, 6) is 0. The molecule has 1 aromatic rings. The first-order valence-corrected chi connectivity index (χ1v) is 7.25. The number of rotatable bonds is 2. The number of anilines is 2. The van der Waals surface area contributed by atoms with Crippen LogP contribution in [0.3, 0.4) is 0 Å². The molecule has 15 heavy (non-hydrogen) atoms. The molecule has 0 bridgehead atoms. The van der Waals surface area contributed by atoms with Crippen LogP contribution in [-0.2, 0) is 0 Å². The summed E-state index contributed by atoms with van der Waals surface area (Å²) in [6.07, 6.45) is 1.19. The van der Waals surface area contributed by atoms with E-state index in [9.17, 15) is 0 Å². The minimum absolute atomic E-state index is 0.0955. The van der Waals surface area contributed by atoms with Gasteiger partial charge in [0.25, 0.3) is 0 Å². The second kappa shape index (κ2) is 4.40. The maximum atomic E-state index is 6.03. The number of benzene rings is 1. The highest BCUT2D eigenvalue weighted by atomic mass is 31.1. The van der Waals surface area contributed by atoms with E-state index in [1.807, 2.05) is 0 Å². The lowest BCUT2D eigenvalue weighted by atomic mass is 10.0. The van der Waals surface area contributed by atoms with Crippen LogP contribution in [0.1, 0.15) is 23.6 Å². The average molecular weight is 224 g/mol. The van der Waals surface area contributed by atoms with Crippen molar-refractivity contribution in [2.45, 2.75) is 27.7 Å². The van der Waals surface area contributed by atoms with E-state index < -0.39 is 0 Å². The Morgan fingerprint density at radius 2 is 1.40 bits per heavy atom. The van der Waals surface area contributed by atoms with Crippen molar-refractivity contribution < 1.29 is 0 Å². The van der Waals surface area contributed by atoms with Crippen LogP contribution in [0.15, 0.2) is 0 Å². The van der Waals surface area contributed by atoms with E-state index in [4.69, 9.17) is 11.5 Å². The number of hydrogen-bond donors (Lipinski definition) is 2. The Balaban J connectivity index is 3.52. The van der Waals surface area contributed by atoms with Gasteiger partial charge in [0.05, 0.1) is 11.4 Å². The number of nitrogen functional groups attached to an aromatic ring is 2. The lowest BCUT2D eigenvalue weighted by molar-refractivity contribution is 1.33. The molecule has 1 atom stereocenters. The summed E-state index contributed by atoms with van der Waals surface area (Å²) < 4.78 is 0. The van der Waals surface area contributed by atoms with Crippen LogP contribution >= 0.6 is 7.92 Å². The van der Waals surface area contributed by atoms with Gasteiger partial charge in [0.2, 0.25) is 0 Å². The summed E-state index contributed by atoms with van der Waals surface area (Å²) >= 11 is 0. The Morgan fingerprint density at radius 3 is 1.87 bits per heavy atom. The molecule has 1 aromatic carbocycles. The van der Waals surface area contributed by atoms with Gasteiger partial charge in [0.1, 0.15) is 0 Å². The van der Waals surface area contributed by atoms with E-state index in [-0.39, 0.29) is 7.92 Å². The van der Waals surface area contributed by atoms with Crippen molar-refractivity contribution in [3.63, 3.8) is 0 Å². The smallest absolute Gasteiger partial charge is 0.0586 e. The average Bonchev–Trinajstić information content (AvgIpc) is 2.23. The lowest BCUT2D eigenvalue weighted by Gasteiger charge is -2.22. The highest BCUT2D eigenvalue weighted by molar-refractivity contribution is 7.65. The molecule has 1 unspecified atom stereocenters. The Bertz CT molecular complexity index is 357. The lowest BCUT2D eigenvalue weighted by Crippen LogP contribution is -2.17. The fourth-order valence-corrected chi connectivity index (χ4v) is 3.67. The largest absolute Gasteiger partial charge is 0.397 e. The minimum Gasteiger partial charge on any atom is -0.397 e. The standard InChI is InChI=1S/C12H21N2P/c1-6-15(5)12-8(3)7(2)10(13)11(14)9(12)4/h6,13-14H2,1-5H3. The summed E-state index contributed by atoms with van der Waals surface area (Å²) in [4.78, 5) is 0. The second-order valence-electron chi connectivity index (χ2n) is 4.07. The Labute approximate surface area is 93.8 Å². The zero-order valence-corrected chi connectivity index (χ0v) is 11.2. The molecule has 0 radical (unpaired) electrons. The Hall–Kier alpha value is -0.750. The molecule has 0 aliphatic heterocycles. The van der Waals surface area contributed by atoms with Crippen LogP contribution in [-0.4, -0.2) is 12.8 Å². The molecule has 0 aromatic heterocycles. The summed E-state index contributed by atoms with van der Waals surface area (Å²) in [6.45, 7) is 10.8. The van der Waals surface area contributed by atoms with E-state index in [1.165, 1.54) is 22.6 Å².